The minimum atomic E-state index is 0.0818. The number of H-pyrrole nitrogens is 1. The molecule has 5 heterocycles. The number of nitrogens with zero attached hydrogens (tertiary/aromatic N) is 3. The maximum atomic E-state index is 13.4. The summed E-state index contributed by atoms with van der Waals surface area (Å²) in [5.41, 5.74) is 9.57. The molecule has 0 spiro atoms. The van der Waals surface area contributed by atoms with Crippen molar-refractivity contribution in [1.29, 1.82) is 0 Å². The molecule has 0 bridgehead atoms. The Balaban J connectivity index is 1.40. The number of aromatic nitrogens is 2. The number of fused-ring (bicyclic) bond motifs is 2. The van der Waals surface area contributed by atoms with Crippen LogP contribution < -0.4 is 5.32 Å². The lowest BCUT2D eigenvalue weighted by atomic mass is 9.83. The number of benzene rings is 1. The second kappa shape index (κ2) is 9.50. The summed E-state index contributed by atoms with van der Waals surface area (Å²) in [6, 6.07) is 4.81. The third-order valence-electron chi connectivity index (χ3n) is 7.94. The summed E-state index contributed by atoms with van der Waals surface area (Å²) >= 11 is 0. The summed E-state index contributed by atoms with van der Waals surface area (Å²) in [6.07, 6.45) is 4.91. The number of aromatic amines is 1. The number of aryl methyl sites for hydroxylation is 1. The van der Waals surface area contributed by atoms with Crippen molar-refractivity contribution in [2.24, 2.45) is 0 Å². The van der Waals surface area contributed by atoms with Crippen LogP contribution in [0.3, 0.4) is 0 Å². The quantitative estimate of drug-likeness (QED) is 0.574. The Labute approximate surface area is 212 Å². The highest BCUT2D eigenvalue weighted by atomic mass is 16.5. The van der Waals surface area contributed by atoms with E-state index >= 15 is 0 Å². The van der Waals surface area contributed by atoms with E-state index in [0.29, 0.717) is 32.8 Å². The predicted octanol–water partition coefficient (Wildman–Crippen LogP) is 3.71. The monoisotopic (exact) mass is 489 g/mol. The molecule has 3 aromatic rings. The summed E-state index contributed by atoms with van der Waals surface area (Å²) in [6.45, 7) is 11.8. The zero-order chi connectivity index (χ0) is 24.8. The number of carbonyl (C=O) groups excluding carboxylic acids is 1. The first kappa shape index (κ1) is 23.5. The van der Waals surface area contributed by atoms with Gasteiger partial charge in [0.15, 0.2) is 0 Å². The highest BCUT2D eigenvalue weighted by Gasteiger charge is 2.32. The van der Waals surface area contributed by atoms with E-state index in [1.807, 2.05) is 29.1 Å². The molecule has 190 valence electrons. The van der Waals surface area contributed by atoms with Crippen molar-refractivity contribution < 1.29 is 14.3 Å². The van der Waals surface area contributed by atoms with Gasteiger partial charge >= 0.3 is 6.03 Å². The van der Waals surface area contributed by atoms with Gasteiger partial charge in [-0.2, -0.15) is 0 Å². The first-order valence-corrected chi connectivity index (χ1v) is 13.1. The van der Waals surface area contributed by atoms with E-state index in [1.54, 1.807) is 0 Å². The molecule has 2 atom stereocenters. The molecule has 2 fully saturated rings. The molecule has 2 amide bonds. The number of carbonyl (C=O) groups is 1. The number of pyridine rings is 1. The molecule has 0 radical (unpaired) electrons. The molecule has 8 nitrogen and oxygen atoms in total. The third kappa shape index (κ3) is 4.17. The van der Waals surface area contributed by atoms with Crippen molar-refractivity contribution in [2.75, 3.05) is 46.0 Å². The van der Waals surface area contributed by atoms with Crippen molar-refractivity contribution in [3.63, 3.8) is 0 Å². The smallest absolute Gasteiger partial charge is 0.320 e. The Morgan fingerprint density at radius 1 is 1.17 bits per heavy atom. The van der Waals surface area contributed by atoms with Crippen LogP contribution in [0, 0.1) is 13.8 Å². The van der Waals surface area contributed by atoms with E-state index in [1.165, 1.54) is 33.4 Å². The Bertz CT molecular complexity index is 1300. The number of ether oxygens (including phenoxy) is 2. The SMILES string of the molecule is Cc1c(-c2cnc3[nH]cc(C)c3c2)cc2c(c1C1COCCN1)CN(C(=O)N1CCOC(C)C1)CC2. The zero-order valence-electron chi connectivity index (χ0n) is 21.4. The standard InChI is InChI=1S/C28H35N5O3/c1-17-12-30-27-22(17)11-21(13-31-27)23-10-20-4-6-32(28(34)33-7-9-36-18(2)14-33)15-24(20)26(19(23)3)25-16-35-8-5-29-25/h10-13,18,25,29H,4-9,14-16H2,1-3H3,(H,30,31). The first-order valence-electron chi connectivity index (χ1n) is 13.1. The average Bonchev–Trinajstić information content (AvgIpc) is 3.28. The number of urea groups is 1. The molecule has 1 aromatic carbocycles. The van der Waals surface area contributed by atoms with Crippen LogP contribution in [0.2, 0.25) is 0 Å². The van der Waals surface area contributed by atoms with Gasteiger partial charge in [0.25, 0.3) is 0 Å². The fourth-order valence-electron chi connectivity index (χ4n) is 6.01. The Morgan fingerprint density at radius 2 is 2.06 bits per heavy atom. The summed E-state index contributed by atoms with van der Waals surface area (Å²) < 4.78 is 11.5. The Morgan fingerprint density at radius 3 is 2.86 bits per heavy atom. The Hall–Kier alpha value is -2.94. The van der Waals surface area contributed by atoms with Gasteiger partial charge in [-0.15, -0.1) is 0 Å². The molecule has 36 heavy (non-hydrogen) atoms. The maximum absolute atomic E-state index is 13.4. The zero-order valence-corrected chi connectivity index (χ0v) is 21.4. The third-order valence-corrected chi connectivity index (χ3v) is 7.94. The lowest BCUT2D eigenvalue weighted by Gasteiger charge is -2.39. The molecule has 2 unspecified atom stereocenters. The van der Waals surface area contributed by atoms with Crippen LogP contribution in [-0.2, 0) is 22.4 Å². The van der Waals surface area contributed by atoms with Gasteiger partial charge in [-0.1, -0.05) is 6.07 Å². The van der Waals surface area contributed by atoms with E-state index in [0.717, 1.165) is 42.7 Å². The Kier molecular flexibility index (Phi) is 6.19. The molecule has 2 aromatic heterocycles. The van der Waals surface area contributed by atoms with Crippen LogP contribution in [0.15, 0.2) is 24.5 Å². The molecule has 6 rings (SSSR count). The molecule has 2 saturated heterocycles. The highest BCUT2D eigenvalue weighted by molar-refractivity contribution is 5.85. The molecular formula is C28H35N5O3. The molecule has 0 aliphatic carbocycles. The summed E-state index contributed by atoms with van der Waals surface area (Å²) in [4.78, 5) is 25.4. The van der Waals surface area contributed by atoms with Gasteiger partial charge in [-0.25, -0.2) is 9.78 Å². The molecular weight excluding hydrogens is 454 g/mol. The number of rotatable bonds is 2. The number of morpholine rings is 2. The van der Waals surface area contributed by atoms with Gasteiger partial charge in [-0.3, -0.25) is 0 Å². The van der Waals surface area contributed by atoms with Crippen molar-refractivity contribution in [3.8, 4) is 11.1 Å². The van der Waals surface area contributed by atoms with Crippen LogP contribution in [0.1, 0.15) is 40.8 Å². The van der Waals surface area contributed by atoms with E-state index in [9.17, 15) is 4.79 Å². The number of nitrogens with one attached hydrogen (secondary N) is 2. The van der Waals surface area contributed by atoms with E-state index in [-0.39, 0.29) is 18.2 Å². The van der Waals surface area contributed by atoms with Crippen molar-refractivity contribution in [1.82, 2.24) is 25.1 Å². The van der Waals surface area contributed by atoms with E-state index < -0.39 is 0 Å². The van der Waals surface area contributed by atoms with Gasteiger partial charge in [0.2, 0.25) is 0 Å². The largest absolute Gasteiger partial charge is 0.378 e. The van der Waals surface area contributed by atoms with Crippen LogP contribution in [0.25, 0.3) is 22.2 Å². The van der Waals surface area contributed by atoms with Gasteiger partial charge in [0, 0.05) is 56.1 Å². The van der Waals surface area contributed by atoms with Gasteiger partial charge in [0.1, 0.15) is 5.65 Å². The van der Waals surface area contributed by atoms with Crippen LogP contribution in [0.5, 0.6) is 0 Å². The lowest BCUT2D eigenvalue weighted by Crippen LogP contribution is -2.51. The minimum absolute atomic E-state index is 0.0818. The topological polar surface area (TPSA) is 82.7 Å². The maximum Gasteiger partial charge on any atom is 0.320 e. The lowest BCUT2D eigenvalue weighted by molar-refractivity contribution is -0.00977. The molecule has 2 N–H and O–H groups in total. The average molecular weight is 490 g/mol. The number of hydrogen-bond acceptors (Lipinski definition) is 5. The first-order chi connectivity index (χ1) is 17.5. The van der Waals surface area contributed by atoms with E-state index in [4.69, 9.17) is 14.5 Å². The second-order valence-corrected chi connectivity index (χ2v) is 10.4. The van der Waals surface area contributed by atoms with Gasteiger partial charge in [-0.05, 0) is 66.6 Å². The normalized spacial score (nSPS) is 22.6. The van der Waals surface area contributed by atoms with Crippen molar-refractivity contribution in [3.05, 3.63) is 52.3 Å². The van der Waals surface area contributed by atoms with Crippen molar-refractivity contribution >= 4 is 17.1 Å². The van der Waals surface area contributed by atoms with Gasteiger partial charge < -0.3 is 29.6 Å². The number of amides is 2. The second-order valence-electron chi connectivity index (χ2n) is 10.4. The van der Waals surface area contributed by atoms with Crippen LogP contribution in [-0.4, -0.2) is 77.9 Å². The molecule has 8 heteroatoms. The fraction of sp³-hybridized carbons (Fsp3) is 0.500. The summed E-state index contributed by atoms with van der Waals surface area (Å²) in [5, 5.41) is 4.83. The summed E-state index contributed by atoms with van der Waals surface area (Å²) in [5.74, 6) is 0. The number of hydrogen-bond donors (Lipinski definition) is 2. The fourth-order valence-corrected chi connectivity index (χ4v) is 6.01. The molecule has 3 aliphatic rings. The minimum Gasteiger partial charge on any atom is -0.378 e. The van der Waals surface area contributed by atoms with E-state index in [2.05, 4.69) is 36.3 Å². The van der Waals surface area contributed by atoms with Crippen LogP contribution in [0.4, 0.5) is 4.79 Å². The van der Waals surface area contributed by atoms with Crippen LogP contribution >= 0.6 is 0 Å². The highest BCUT2D eigenvalue weighted by Crippen LogP contribution is 2.38. The molecule has 3 aliphatic heterocycles. The molecule has 0 saturated carbocycles. The van der Waals surface area contributed by atoms with Crippen molar-refractivity contribution in [2.45, 2.75) is 45.9 Å². The van der Waals surface area contributed by atoms with Gasteiger partial charge in [0.05, 0.1) is 32.0 Å². The summed E-state index contributed by atoms with van der Waals surface area (Å²) in [7, 11) is 0. The predicted molar refractivity (Wildman–Crippen MR) is 139 cm³/mol.